The fourth-order valence-electron chi connectivity index (χ4n) is 4.37. The minimum Gasteiger partial charge on any atom is -0.368 e. The van der Waals surface area contributed by atoms with Gasteiger partial charge in [-0.2, -0.15) is 19.1 Å². The molecule has 164 valence electrons. The van der Waals surface area contributed by atoms with Crippen LogP contribution in [0.3, 0.4) is 0 Å². The zero-order valence-corrected chi connectivity index (χ0v) is 17.2. The van der Waals surface area contributed by atoms with E-state index < -0.39 is 18.8 Å². The molecule has 1 amide bonds. The van der Waals surface area contributed by atoms with Crippen molar-refractivity contribution in [2.45, 2.75) is 44.9 Å². The summed E-state index contributed by atoms with van der Waals surface area (Å²) in [6.45, 7) is 0.405. The zero-order chi connectivity index (χ0) is 22.0. The Balaban J connectivity index is 1.42. The minimum absolute atomic E-state index is 0.0347. The van der Waals surface area contributed by atoms with E-state index in [-0.39, 0.29) is 24.8 Å². The predicted octanol–water partition coefficient (Wildman–Crippen LogP) is 2.52. The fraction of sp³-hybridized carbons (Fsp3) is 0.524. The van der Waals surface area contributed by atoms with E-state index in [9.17, 15) is 18.8 Å². The van der Waals surface area contributed by atoms with Crippen molar-refractivity contribution in [3.05, 3.63) is 36.4 Å². The highest BCUT2D eigenvalue weighted by molar-refractivity contribution is 5.80. The number of piperidine rings is 1. The van der Waals surface area contributed by atoms with Gasteiger partial charge in [0.2, 0.25) is 5.91 Å². The van der Waals surface area contributed by atoms with Crippen molar-refractivity contribution < 1.29 is 18.3 Å². The topological polar surface area (TPSA) is 87.3 Å². The Morgan fingerprint density at radius 3 is 2.71 bits per heavy atom. The summed E-state index contributed by atoms with van der Waals surface area (Å²) in [4.78, 5) is 20.9. The summed E-state index contributed by atoms with van der Waals surface area (Å²) in [7, 11) is 0. The number of anilines is 1. The first-order valence-corrected chi connectivity index (χ1v) is 10.3. The van der Waals surface area contributed by atoms with E-state index in [1.165, 1.54) is 4.90 Å². The summed E-state index contributed by atoms with van der Waals surface area (Å²) < 4.78 is 31.4. The molecule has 10 heteroatoms. The smallest absolute Gasteiger partial charge is 0.345 e. The van der Waals surface area contributed by atoms with Crippen LogP contribution in [0.5, 0.6) is 0 Å². The first-order chi connectivity index (χ1) is 15.0. The minimum atomic E-state index is -2.91. The van der Waals surface area contributed by atoms with Gasteiger partial charge in [-0.3, -0.25) is 9.78 Å². The van der Waals surface area contributed by atoms with Gasteiger partial charge in [0, 0.05) is 44.4 Å². The molecule has 0 aromatic carbocycles. The number of rotatable bonds is 5. The summed E-state index contributed by atoms with van der Waals surface area (Å²) in [5, 5.41) is 13.7. The Morgan fingerprint density at radius 2 is 2.06 bits per heavy atom. The molecule has 2 atom stereocenters. The Bertz CT molecular complexity index is 967. The molecule has 2 aromatic heterocycles. The van der Waals surface area contributed by atoms with Gasteiger partial charge in [0.25, 0.3) is 0 Å². The van der Waals surface area contributed by atoms with Crippen molar-refractivity contribution in [2.24, 2.45) is 5.92 Å². The largest absolute Gasteiger partial charge is 0.368 e. The van der Waals surface area contributed by atoms with Crippen LogP contribution in [0.2, 0.25) is 0 Å². The standard InChI is InChI=1S/C21H24F2N6O2/c1-14-10-26-29(12-14)18-2-5-25-11-19(18)27-6-3-15(4-7-27)20(30)28-13-17(31-21(22)23)8-16(28)9-24/h2,5,10-12,15-17,21H,3-4,6-8,13H2,1H3/t16-,17+/m1/s1. The SMILES string of the molecule is Cc1cnn(-c2ccncc2N2CCC(C(=O)N3C[C@@H](OC(F)F)C[C@@H]3C#N)CC2)c1. The third kappa shape index (κ3) is 4.51. The Kier molecular flexibility index (Phi) is 6.13. The molecule has 0 aliphatic carbocycles. The van der Waals surface area contributed by atoms with Crippen LogP contribution in [0.1, 0.15) is 24.8 Å². The van der Waals surface area contributed by atoms with Gasteiger partial charge in [0.05, 0.1) is 35.9 Å². The van der Waals surface area contributed by atoms with Crippen molar-refractivity contribution in [2.75, 3.05) is 24.5 Å². The lowest BCUT2D eigenvalue weighted by Crippen LogP contribution is -2.44. The van der Waals surface area contributed by atoms with Crippen LogP contribution in [-0.2, 0) is 9.53 Å². The van der Waals surface area contributed by atoms with Gasteiger partial charge in [0.15, 0.2) is 0 Å². The summed E-state index contributed by atoms with van der Waals surface area (Å²) in [6, 6.07) is 3.24. The molecule has 0 unspecified atom stereocenters. The van der Waals surface area contributed by atoms with Crippen LogP contribution in [0.15, 0.2) is 30.9 Å². The van der Waals surface area contributed by atoms with Crippen LogP contribution in [0, 0.1) is 24.2 Å². The number of nitrogens with zero attached hydrogens (tertiary/aromatic N) is 6. The maximum absolute atomic E-state index is 13.0. The van der Waals surface area contributed by atoms with Crippen molar-refractivity contribution in [1.29, 1.82) is 5.26 Å². The van der Waals surface area contributed by atoms with Gasteiger partial charge in [-0.05, 0) is 31.4 Å². The van der Waals surface area contributed by atoms with Crippen molar-refractivity contribution >= 4 is 11.6 Å². The first-order valence-electron chi connectivity index (χ1n) is 10.3. The van der Waals surface area contributed by atoms with Crippen molar-refractivity contribution in [1.82, 2.24) is 19.7 Å². The molecule has 0 N–H and O–H groups in total. The van der Waals surface area contributed by atoms with Crippen LogP contribution >= 0.6 is 0 Å². The monoisotopic (exact) mass is 430 g/mol. The second kappa shape index (κ2) is 8.98. The molecular weight excluding hydrogens is 406 g/mol. The van der Waals surface area contributed by atoms with E-state index in [2.05, 4.69) is 25.8 Å². The molecule has 8 nitrogen and oxygen atoms in total. The van der Waals surface area contributed by atoms with Crippen LogP contribution in [-0.4, -0.2) is 64.0 Å². The molecule has 2 aliphatic heterocycles. The number of pyridine rings is 1. The highest BCUT2D eigenvalue weighted by atomic mass is 19.3. The number of alkyl halides is 2. The number of amides is 1. The van der Waals surface area contributed by atoms with Gasteiger partial charge in [0.1, 0.15) is 6.04 Å². The van der Waals surface area contributed by atoms with Gasteiger partial charge in [-0.25, -0.2) is 4.68 Å². The molecule has 31 heavy (non-hydrogen) atoms. The molecule has 2 aliphatic rings. The number of likely N-dealkylation sites (tertiary alicyclic amines) is 1. The number of carbonyl (C=O) groups excluding carboxylic acids is 1. The number of nitriles is 1. The Morgan fingerprint density at radius 1 is 1.29 bits per heavy atom. The van der Waals surface area contributed by atoms with Crippen LogP contribution in [0.4, 0.5) is 14.5 Å². The number of carbonyl (C=O) groups is 1. The Hall–Kier alpha value is -3.06. The Labute approximate surface area is 179 Å². The maximum atomic E-state index is 13.0. The van der Waals surface area contributed by atoms with E-state index in [0.29, 0.717) is 25.9 Å². The highest BCUT2D eigenvalue weighted by Crippen LogP contribution is 2.31. The number of hydrogen-bond donors (Lipinski definition) is 0. The molecule has 0 spiro atoms. The lowest BCUT2D eigenvalue weighted by molar-refractivity contribution is -0.160. The average molecular weight is 430 g/mol. The number of aromatic nitrogens is 3. The molecule has 0 radical (unpaired) electrons. The van der Waals surface area contributed by atoms with E-state index in [1.807, 2.05) is 23.9 Å². The van der Waals surface area contributed by atoms with Gasteiger partial charge in [-0.15, -0.1) is 0 Å². The van der Waals surface area contributed by atoms with E-state index in [0.717, 1.165) is 16.9 Å². The number of hydrogen-bond acceptors (Lipinski definition) is 6. The lowest BCUT2D eigenvalue weighted by Gasteiger charge is -2.35. The highest BCUT2D eigenvalue weighted by Gasteiger charge is 2.40. The normalized spacial score (nSPS) is 22.2. The number of ether oxygens (including phenoxy) is 1. The van der Waals surface area contributed by atoms with Gasteiger partial charge < -0.3 is 14.5 Å². The van der Waals surface area contributed by atoms with Gasteiger partial charge in [-0.1, -0.05) is 0 Å². The molecule has 2 saturated heterocycles. The molecule has 4 rings (SSSR count). The van der Waals surface area contributed by atoms with Crippen LogP contribution in [0.25, 0.3) is 5.69 Å². The molecule has 2 aromatic rings. The van der Waals surface area contributed by atoms with Crippen LogP contribution < -0.4 is 4.90 Å². The molecule has 2 fully saturated rings. The molecule has 0 saturated carbocycles. The average Bonchev–Trinajstić information content (AvgIpc) is 3.39. The first kappa shape index (κ1) is 21.2. The molecular formula is C21H24F2N6O2. The third-order valence-electron chi connectivity index (χ3n) is 5.91. The second-order valence-corrected chi connectivity index (χ2v) is 7.98. The van der Waals surface area contributed by atoms with Gasteiger partial charge >= 0.3 is 6.61 Å². The van der Waals surface area contributed by atoms with E-state index in [4.69, 9.17) is 0 Å². The lowest BCUT2D eigenvalue weighted by atomic mass is 9.94. The van der Waals surface area contributed by atoms with E-state index in [1.54, 1.807) is 18.6 Å². The fourth-order valence-corrected chi connectivity index (χ4v) is 4.37. The predicted molar refractivity (Wildman–Crippen MR) is 108 cm³/mol. The summed E-state index contributed by atoms with van der Waals surface area (Å²) >= 11 is 0. The number of halogens is 2. The third-order valence-corrected chi connectivity index (χ3v) is 5.91. The maximum Gasteiger partial charge on any atom is 0.345 e. The summed E-state index contributed by atoms with van der Waals surface area (Å²) in [5.74, 6) is -0.398. The van der Waals surface area contributed by atoms with E-state index >= 15 is 0 Å². The second-order valence-electron chi connectivity index (χ2n) is 7.98. The summed E-state index contributed by atoms with van der Waals surface area (Å²) in [5.41, 5.74) is 2.92. The van der Waals surface area contributed by atoms with Crippen molar-refractivity contribution in [3.8, 4) is 11.8 Å². The summed E-state index contributed by atoms with van der Waals surface area (Å²) in [6.07, 6.45) is 7.80. The zero-order valence-electron chi connectivity index (χ0n) is 17.2. The number of aryl methyl sites for hydroxylation is 1. The molecule has 4 heterocycles. The quantitative estimate of drug-likeness (QED) is 0.725. The molecule has 0 bridgehead atoms. The van der Waals surface area contributed by atoms with Crippen molar-refractivity contribution in [3.63, 3.8) is 0 Å².